The van der Waals surface area contributed by atoms with Gasteiger partial charge in [0.15, 0.2) is 0 Å². The number of nitrogens with zero attached hydrogens (tertiary/aromatic N) is 1. The van der Waals surface area contributed by atoms with E-state index in [0.29, 0.717) is 18.5 Å². The molecule has 0 saturated carbocycles. The van der Waals surface area contributed by atoms with Crippen molar-refractivity contribution in [2.24, 2.45) is 0 Å². The number of benzene rings is 1. The second-order valence-corrected chi connectivity index (χ2v) is 5.35. The molecule has 1 unspecified atom stereocenters. The van der Waals surface area contributed by atoms with Crippen molar-refractivity contribution < 1.29 is 14.7 Å². The lowest BCUT2D eigenvalue weighted by Gasteiger charge is -2.29. The van der Waals surface area contributed by atoms with E-state index in [-0.39, 0.29) is 18.2 Å². The maximum absolute atomic E-state index is 12.0. The van der Waals surface area contributed by atoms with Gasteiger partial charge in [-0.05, 0) is 25.3 Å². The number of nitrogens with one attached hydrogen (secondary N) is 1. The fourth-order valence-electron chi connectivity index (χ4n) is 2.33. The van der Waals surface area contributed by atoms with Gasteiger partial charge >= 0.3 is 0 Å². The van der Waals surface area contributed by atoms with Crippen molar-refractivity contribution in [3.63, 3.8) is 0 Å². The summed E-state index contributed by atoms with van der Waals surface area (Å²) in [5.74, 6) is -0.418. The maximum Gasteiger partial charge on any atom is 0.241 e. The van der Waals surface area contributed by atoms with Gasteiger partial charge in [0, 0.05) is 13.0 Å². The molecular weight excluding hydrogens is 256 g/mol. The number of aliphatic hydroxyl groups is 1. The molecule has 1 aromatic rings. The highest BCUT2D eigenvalue weighted by molar-refractivity contribution is 5.83. The zero-order valence-electron chi connectivity index (χ0n) is 11.6. The maximum atomic E-state index is 12.0. The smallest absolute Gasteiger partial charge is 0.241 e. The van der Waals surface area contributed by atoms with E-state index >= 15 is 0 Å². The van der Waals surface area contributed by atoms with Gasteiger partial charge in [-0.15, -0.1) is 0 Å². The first-order chi connectivity index (χ1) is 9.49. The minimum atomic E-state index is -1.25. The third-order valence-corrected chi connectivity index (χ3v) is 3.48. The van der Waals surface area contributed by atoms with Crippen LogP contribution in [0.25, 0.3) is 0 Å². The van der Waals surface area contributed by atoms with Gasteiger partial charge in [-0.2, -0.15) is 0 Å². The van der Waals surface area contributed by atoms with E-state index in [9.17, 15) is 14.7 Å². The molecule has 108 valence electrons. The molecule has 0 aromatic heterocycles. The number of hydrogen-bond acceptors (Lipinski definition) is 3. The van der Waals surface area contributed by atoms with E-state index in [0.717, 1.165) is 12.8 Å². The van der Waals surface area contributed by atoms with Gasteiger partial charge in [0.25, 0.3) is 0 Å². The van der Waals surface area contributed by atoms with Gasteiger partial charge in [-0.25, -0.2) is 0 Å². The van der Waals surface area contributed by atoms with Crippen LogP contribution in [-0.4, -0.2) is 28.5 Å². The minimum Gasteiger partial charge on any atom is -0.385 e. The molecule has 1 heterocycles. The minimum absolute atomic E-state index is 0.0658. The van der Waals surface area contributed by atoms with Gasteiger partial charge in [0.2, 0.25) is 11.8 Å². The molecule has 0 aliphatic carbocycles. The van der Waals surface area contributed by atoms with Gasteiger partial charge in [0.05, 0.1) is 12.0 Å². The van der Waals surface area contributed by atoms with Crippen molar-refractivity contribution >= 4 is 11.8 Å². The molecule has 5 heteroatoms. The Hall–Kier alpha value is -1.88. The van der Waals surface area contributed by atoms with Crippen molar-refractivity contribution in [1.29, 1.82) is 0 Å². The Balaban J connectivity index is 1.95. The number of carbonyl (C=O) groups is 2. The van der Waals surface area contributed by atoms with Gasteiger partial charge in [0.1, 0.15) is 0 Å². The van der Waals surface area contributed by atoms with Crippen LogP contribution in [0.1, 0.15) is 38.2 Å². The monoisotopic (exact) mass is 276 g/mol. The first-order valence-corrected chi connectivity index (χ1v) is 6.87. The van der Waals surface area contributed by atoms with Crippen molar-refractivity contribution in [2.75, 3.05) is 6.54 Å². The van der Waals surface area contributed by atoms with Crippen molar-refractivity contribution in [3.8, 4) is 0 Å². The van der Waals surface area contributed by atoms with E-state index < -0.39 is 5.60 Å². The summed E-state index contributed by atoms with van der Waals surface area (Å²) in [6.45, 7) is 2.14. The van der Waals surface area contributed by atoms with Gasteiger partial charge < -0.3 is 5.11 Å². The zero-order valence-corrected chi connectivity index (χ0v) is 11.6. The number of hydrazine groups is 1. The Morgan fingerprint density at radius 1 is 1.35 bits per heavy atom. The topological polar surface area (TPSA) is 69.6 Å². The lowest BCUT2D eigenvalue weighted by atomic mass is 9.92. The lowest BCUT2D eigenvalue weighted by molar-refractivity contribution is -0.145. The Morgan fingerprint density at radius 3 is 2.70 bits per heavy atom. The second kappa shape index (κ2) is 6.05. The first kappa shape index (κ1) is 14.5. The Bertz CT molecular complexity index is 485. The van der Waals surface area contributed by atoms with Crippen LogP contribution in [0.4, 0.5) is 0 Å². The molecule has 1 atom stereocenters. The highest BCUT2D eigenvalue weighted by Crippen LogP contribution is 2.24. The molecule has 1 aliphatic heterocycles. The number of piperidine rings is 1. The van der Waals surface area contributed by atoms with Crippen molar-refractivity contribution in [3.05, 3.63) is 35.9 Å². The van der Waals surface area contributed by atoms with Crippen LogP contribution < -0.4 is 5.43 Å². The van der Waals surface area contributed by atoms with Crippen LogP contribution in [0.5, 0.6) is 0 Å². The molecule has 5 nitrogen and oxygen atoms in total. The molecule has 0 radical (unpaired) electrons. The summed E-state index contributed by atoms with van der Waals surface area (Å²) in [4.78, 5) is 23.6. The molecule has 2 amide bonds. The third-order valence-electron chi connectivity index (χ3n) is 3.48. The summed E-state index contributed by atoms with van der Waals surface area (Å²) in [6, 6.07) is 9.04. The number of rotatable bonds is 4. The molecule has 2 N–H and O–H groups in total. The fourth-order valence-corrected chi connectivity index (χ4v) is 2.33. The summed E-state index contributed by atoms with van der Waals surface area (Å²) in [6.07, 6.45) is 2.14. The normalized spacial score (nSPS) is 18.5. The predicted molar refractivity (Wildman–Crippen MR) is 74.3 cm³/mol. The summed E-state index contributed by atoms with van der Waals surface area (Å²) < 4.78 is 0. The molecule has 1 fully saturated rings. The summed E-state index contributed by atoms with van der Waals surface area (Å²) in [5.41, 5.74) is 2.01. The third kappa shape index (κ3) is 3.57. The molecule has 1 saturated heterocycles. The van der Waals surface area contributed by atoms with Crippen LogP contribution in [0, 0.1) is 0 Å². The largest absolute Gasteiger partial charge is 0.385 e. The number of carbonyl (C=O) groups excluding carboxylic acids is 2. The Kier molecular flexibility index (Phi) is 4.39. The number of amides is 2. The van der Waals surface area contributed by atoms with Crippen LogP contribution in [0.15, 0.2) is 30.3 Å². The zero-order chi connectivity index (χ0) is 14.6. The predicted octanol–water partition coefficient (Wildman–Crippen LogP) is 1.33. The summed E-state index contributed by atoms with van der Waals surface area (Å²) in [5, 5.41) is 11.7. The average molecular weight is 276 g/mol. The van der Waals surface area contributed by atoms with E-state index in [1.54, 1.807) is 19.1 Å². The standard InChI is InChI=1S/C15H20N2O3/c1-15(20,12-7-3-2-4-8-12)11-13(18)16-17-10-6-5-9-14(17)19/h2-4,7-8,20H,5-6,9-11H2,1H3,(H,16,18). The molecule has 0 bridgehead atoms. The summed E-state index contributed by atoms with van der Waals surface area (Å²) >= 11 is 0. The van der Waals surface area contributed by atoms with E-state index in [4.69, 9.17) is 0 Å². The van der Waals surface area contributed by atoms with E-state index in [2.05, 4.69) is 5.43 Å². The fraction of sp³-hybridized carbons (Fsp3) is 0.467. The second-order valence-electron chi connectivity index (χ2n) is 5.35. The van der Waals surface area contributed by atoms with Gasteiger partial charge in [-0.1, -0.05) is 30.3 Å². The highest BCUT2D eigenvalue weighted by Gasteiger charge is 2.28. The van der Waals surface area contributed by atoms with E-state index in [1.807, 2.05) is 18.2 Å². The van der Waals surface area contributed by atoms with Crippen molar-refractivity contribution in [1.82, 2.24) is 10.4 Å². The molecule has 2 rings (SSSR count). The van der Waals surface area contributed by atoms with Crippen LogP contribution >= 0.6 is 0 Å². The molecule has 1 aliphatic rings. The van der Waals surface area contributed by atoms with Crippen LogP contribution in [0.2, 0.25) is 0 Å². The highest BCUT2D eigenvalue weighted by atomic mass is 16.3. The van der Waals surface area contributed by atoms with E-state index in [1.165, 1.54) is 5.01 Å². The molecule has 0 spiro atoms. The first-order valence-electron chi connectivity index (χ1n) is 6.87. The Morgan fingerprint density at radius 2 is 2.05 bits per heavy atom. The number of hydrogen-bond donors (Lipinski definition) is 2. The summed E-state index contributed by atoms with van der Waals surface area (Å²) in [7, 11) is 0. The van der Waals surface area contributed by atoms with Crippen LogP contribution in [0.3, 0.4) is 0 Å². The van der Waals surface area contributed by atoms with Gasteiger partial charge in [-0.3, -0.25) is 20.0 Å². The molecule has 1 aromatic carbocycles. The lowest BCUT2D eigenvalue weighted by Crippen LogP contribution is -2.49. The molecule has 20 heavy (non-hydrogen) atoms. The van der Waals surface area contributed by atoms with Crippen molar-refractivity contribution in [2.45, 2.75) is 38.2 Å². The Labute approximate surface area is 118 Å². The molecular formula is C15H20N2O3. The average Bonchev–Trinajstić information content (AvgIpc) is 2.42. The quantitative estimate of drug-likeness (QED) is 0.871. The SMILES string of the molecule is CC(O)(CC(=O)NN1CCCCC1=O)c1ccccc1. The van der Waals surface area contributed by atoms with Crippen LogP contribution in [-0.2, 0) is 15.2 Å².